The van der Waals surface area contributed by atoms with Gasteiger partial charge in [0, 0.05) is 6.54 Å². The van der Waals surface area contributed by atoms with Crippen LogP contribution in [0.15, 0.2) is 66.7 Å². The van der Waals surface area contributed by atoms with E-state index in [4.69, 9.17) is 0 Å². The van der Waals surface area contributed by atoms with Gasteiger partial charge >= 0.3 is 0 Å². The van der Waals surface area contributed by atoms with Crippen LogP contribution in [0.3, 0.4) is 0 Å². The van der Waals surface area contributed by atoms with Crippen LogP contribution in [-0.4, -0.2) is 6.54 Å². The van der Waals surface area contributed by atoms with Crippen LogP contribution in [0.4, 0.5) is 0 Å². The van der Waals surface area contributed by atoms with Crippen molar-refractivity contribution in [2.45, 2.75) is 19.9 Å². The molecule has 0 aliphatic heterocycles. The van der Waals surface area contributed by atoms with Crippen molar-refractivity contribution in [3.63, 3.8) is 0 Å². The average Bonchev–Trinajstić information content (AvgIpc) is 2.49. The molecular weight excluding hydrogens is 230 g/mol. The van der Waals surface area contributed by atoms with Gasteiger partial charge in [-0.2, -0.15) is 0 Å². The Hall–Kier alpha value is -1.86. The number of hydrogen-bond donors (Lipinski definition) is 1. The van der Waals surface area contributed by atoms with Crippen molar-refractivity contribution in [3.05, 3.63) is 72.3 Å². The molecule has 0 unspecified atom stereocenters. The number of nitrogens with one attached hydrogen (secondary N) is 1. The van der Waals surface area contributed by atoms with Crippen molar-refractivity contribution >= 4 is 0 Å². The summed E-state index contributed by atoms with van der Waals surface area (Å²) in [6.07, 6.45) is 5.38. The molecule has 1 nitrogen and oxygen atoms in total. The van der Waals surface area contributed by atoms with Gasteiger partial charge in [-0.25, -0.2) is 0 Å². The van der Waals surface area contributed by atoms with Crippen molar-refractivity contribution < 1.29 is 0 Å². The Balaban J connectivity index is 1.88. The first-order chi connectivity index (χ1) is 9.40. The van der Waals surface area contributed by atoms with Crippen molar-refractivity contribution in [1.82, 2.24) is 5.32 Å². The second-order valence-corrected chi connectivity index (χ2v) is 4.60. The molecule has 2 aromatic carbocycles. The summed E-state index contributed by atoms with van der Waals surface area (Å²) in [7, 11) is 0. The number of benzene rings is 2. The van der Waals surface area contributed by atoms with Crippen LogP contribution >= 0.6 is 0 Å². The first-order valence-electron chi connectivity index (χ1n) is 6.86. The standard InChI is InChI=1S/C18H21N/c1-2-3-7-14-19-15-16-10-12-18(13-11-16)17-8-5-4-6-9-17/h2-6,8-13,19H,7,14-15H2,1H3/b3-2+. The lowest BCUT2D eigenvalue weighted by Gasteiger charge is -2.05. The molecule has 19 heavy (non-hydrogen) atoms. The van der Waals surface area contributed by atoms with E-state index < -0.39 is 0 Å². The van der Waals surface area contributed by atoms with Gasteiger partial charge in [0.1, 0.15) is 0 Å². The van der Waals surface area contributed by atoms with Crippen molar-refractivity contribution in [3.8, 4) is 11.1 Å². The number of rotatable bonds is 6. The van der Waals surface area contributed by atoms with Gasteiger partial charge in [-0.05, 0) is 36.6 Å². The van der Waals surface area contributed by atoms with Crippen LogP contribution in [0.2, 0.25) is 0 Å². The van der Waals surface area contributed by atoms with Crippen LogP contribution in [0.5, 0.6) is 0 Å². The third-order valence-electron chi connectivity index (χ3n) is 3.11. The molecule has 0 heterocycles. The first kappa shape index (κ1) is 13.6. The lowest BCUT2D eigenvalue weighted by atomic mass is 10.0. The van der Waals surface area contributed by atoms with E-state index in [1.807, 2.05) is 6.07 Å². The fourth-order valence-corrected chi connectivity index (χ4v) is 2.03. The van der Waals surface area contributed by atoms with Crippen molar-refractivity contribution in [2.75, 3.05) is 6.54 Å². The molecule has 1 N–H and O–H groups in total. The van der Waals surface area contributed by atoms with Crippen LogP contribution in [0.1, 0.15) is 18.9 Å². The van der Waals surface area contributed by atoms with Crippen molar-refractivity contribution in [1.29, 1.82) is 0 Å². The fraction of sp³-hybridized carbons (Fsp3) is 0.222. The molecule has 0 saturated heterocycles. The zero-order valence-corrected chi connectivity index (χ0v) is 11.5. The fourth-order valence-electron chi connectivity index (χ4n) is 2.03. The van der Waals surface area contributed by atoms with E-state index in [0.29, 0.717) is 0 Å². The van der Waals surface area contributed by atoms with E-state index in [0.717, 1.165) is 19.5 Å². The minimum atomic E-state index is 0.937. The first-order valence-corrected chi connectivity index (χ1v) is 6.86. The van der Waals surface area contributed by atoms with Gasteiger partial charge in [-0.15, -0.1) is 0 Å². The van der Waals surface area contributed by atoms with Crippen LogP contribution in [0.25, 0.3) is 11.1 Å². The van der Waals surface area contributed by atoms with Crippen molar-refractivity contribution in [2.24, 2.45) is 0 Å². The second-order valence-electron chi connectivity index (χ2n) is 4.60. The van der Waals surface area contributed by atoms with Crippen LogP contribution < -0.4 is 5.32 Å². The number of hydrogen-bond acceptors (Lipinski definition) is 1. The third-order valence-corrected chi connectivity index (χ3v) is 3.11. The highest BCUT2D eigenvalue weighted by Crippen LogP contribution is 2.19. The summed E-state index contributed by atoms with van der Waals surface area (Å²) < 4.78 is 0. The van der Waals surface area contributed by atoms with E-state index in [1.165, 1.54) is 16.7 Å². The summed E-state index contributed by atoms with van der Waals surface area (Å²) in [5.74, 6) is 0. The largest absolute Gasteiger partial charge is 0.312 e. The Morgan fingerprint density at radius 1 is 0.895 bits per heavy atom. The zero-order valence-electron chi connectivity index (χ0n) is 11.5. The average molecular weight is 251 g/mol. The molecule has 0 amide bonds. The molecule has 0 radical (unpaired) electrons. The predicted molar refractivity (Wildman–Crippen MR) is 83.0 cm³/mol. The van der Waals surface area contributed by atoms with E-state index in [9.17, 15) is 0 Å². The summed E-state index contributed by atoms with van der Waals surface area (Å²) in [5, 5.41) is 3.44. The monoisotopic (exact) mass is 251 g/mol. The molecule has 2 rings (SSSR count). The Morgan fingerprint density at radius 2 is 1.58 bits per heavy atom. The number of allylic oxidation sites excluding steroid dienone is 1. The normalized spacial score (nSPS) is 11.0. The van der Waals surface area contributed by atoms with Gasteiger partial charge in [0.2, 0.25) is 0 Å². The Morgan fingerprint density at radius 3 is 2.26 bits per heavy atom. The quantitative estimate of drug-likeness (QED) is 0.592. The van der Waals surface area contributed by atoms with Crippen LogP contribution in [0, 0.1) is 0 Å². The molecule has 0 fully saturated rings. The Bertz CT molecular complexity index is 497. The van der Waals surface area contributed by atoms with Gasteiger partial charge in [-0.3, -0.25) is 0 Å². The molecule has 2 aromatic rings. The van der Waals surface area contributed by atoms with Gasteiger partial charge in [0.25, 0.3) is 0 Å². The Labute approximate surface area is 116 Å². The summed E-state index contributed by atoms with van der Waals surface area (Å²) in [6.45, 7) is 4.03. The maximum atomic E-state index is 3.44. The minimum Gasteiger partial charge on any atom is -0.312 e. The predicted octanol–water partition coefficient (Wildman–Crippen LogP) is 4.41. The maximum Gasteiger partial charge on any atom is 0.0205 e. The van der Waals surface area contributed by atoms with Gasteiger partial charge in [0.05, 0.1) is 0 Å². The van der Waals surface area contributed by atoms with Gasteiger partial charge < -0.3 is 5.32 Å². The molecule has 1 heteroatoms. The molecule has 0 saturated carbocycles. The molecule has 98 valence electrons. The zero-order chi connectivity index (χ0) is 13.3. The lowest BCUT2D eigenvalue weighted by molar-refractivity contribution is 0.695. The second kappa shape index (κ2) is 7.55. The Kier molecular flexibility index (Phi) is 5.39. The molecule has 0 aliphatic carbocycles. The van der Waals surface area contributed by atoms with E-state index in [-0.39, 0.29) is 0 Å². The lowest BCUT2D eigenvalue weighted by Crippen LogP contribution is -2.13. The molecule has 0 bridgehead atoms. The maximum absolute atomic E-state index is 3.44. The smallest absolute Gasteiger partial charge is 0.0205 e. The highest BCUT2D eigenvalue weighted by atomic mass is 14.8. The summed E-state index contributed by atoms with van der Waals surface area (Å²) in [4.78, 5) is 0. The molecule has 0 aliphatic rings. The highest BCUT2D eigenvalue weighted by molar-refractivity contribution is 5.63. The van der Waals surface area contributed by atoms with E-state index in [2.05, 4.69) is 72.9 Å². The van der Waals surface area contributed by atoms with E-state index >= 15 is 0 Å². The summed E-state index contributed by atoms with van der Waals surface area (Å²) >= 11 is 0. The molecular formula is C18H21N. The topological polar surface area (TPSA) is 12.0 Å². The van der Waals surface area contributed by atoms with Gasteiger partial charge in [-0.1, -0.05) is 66.7 Å². The minimum absolute atomic E-state index is 0.937. The third kappa shape index (κ3) is 4.38. The molecule has 0 aromatic heterocycles. The summed E-state index contributed by atoms with van der Waals surface area (Å²) in [6, 6.07) is 19.3. The highest BCUT2D eigenvalue weighted by Gasteiger charge is 1.97. The SMILES string of the molecule is C/C=C/CCNCc1ccc(-c2ccccc2)cc1. The van der Waals surface area contributed by atoms with Gasteiger partial charge in [0.15, 0.2) is 0 Å². The van der Waals surface area contributed by atoms with Crippen LogP contribution in [-0.2, 0) is 6.54 Å². The summed E-state index contributed by atoms with van der Waals surface area (Å²) in [5.41, 5.74) is 3.88. The van der Waals surface area contributed by atoms with E-state index in [1.54, 1.807) is 0 Å². The molecule has 0 atom stereocenters. The molecule has 0 spiro atoms.